The summed E-state index contributed by atoms with van der Waals surface area (Å²) in [6, 6.07) is 0.662. The van der Waals surface area contributed by atoms with Crippen molar-refractivity contribution in [3.63, 3.8) is 0 Å². The van der Waals surface area contributed by atoms with Crippen molar-refractivity contribution in [3.8, 4) is 0 Å². The molecule has 0 amide bonds. The van der Waals surface area contributed by atoms with Gasteiger partial charge in [0, 0.05) is 6.04 Å². The minimum Gasteiger partial charge on any atom is -0.302 e. The third kappa shape index (κ3) is 1.01. The molecule has 4 fully saturated rings. The maximum absolute atomic E-state index is 11.6. The topological polar surface area (TPSA) is 29.1 Å². The van der Waals surface area contributed by atoms with Crippen LogP contribution in [0.2, 0.25) is 0 Å². The highest BCUT2D eigenvalue weighted by Gasteiger charge is 2.52. The van der Waals surface area contributed by atoms with E-state index in [0.29, 0.717) is 11.8 Å². The van der Waals surface area contributed by atoms with Crippen molar-refractivity contribution in [2.45, 2.75) is 50.6 Å². The van der Waals surface area contributed by atoms with E-state index in [1.165, 1.54) is 19.3 Å². The monoisotopic (exact) mass is 179 g/mol. The normalized spacial score (nSPS) is 52.5. The molecule has 2 aliphatic carbocycles. The van der Waals surface area contributed by atoms with Crippen LogP contribution in [0, 0.1) is 11.8 Å². The summed E-state index contributed by atoms with van der Waals surface area (Å²) < 4.78 is 0. The van der Waals surface area contributed by atoms with Crippen LogP contribution in [0.5, 0.6) is 0 Å². The van der Waals surface area contributed by atoms with Crippen molar-refractivity contribution < 1.29 is 4.79 Å². The molecule has 0 radical (unpaired) electrons. The van der Waals surface area contributed by atoms with E-state index in [2.05, 4.69) is 5.32 Å². The summed E-state index contributed by atoms with van der Waals surface area (Å²) in [4.78, 5) is 11.6. The van der Waals surface area contributed by atoms with Gasteiger partial charge in [-0.1, -0.05) is 0 Å². The average molecular weight is 179 g/mol. The lowest BCUT2D eigenvalue weighted by Gasteiger charge is -2.56. The molecule has 72 valence electrons. The molecule has 2 heterocycles. The minimum atomic E-state index is -0.0885. The third-order valence-electron chi connectivity index (χ3n) is 4.33. The van der Waals surface area contributed by atoms with Crippen LogP contribution in [-0.2, 0) is 4.79 Å². The molecule has 2 nitrogen and oxygen atoms in total. The van der Waals surface area contributed by atoms with Gasteiger partial charge in [0.15, 0.2) is 0 Å². The lowest BCUT2D eigenvalue weighted by atomic mass is 9.58. The molecule has 4 bridgehead atoms. The smallest absolute Gasteiger partial charge is 0.149 e. The summed E-state index contributed by atoms with van der Waals surface area (Å²) in [6.07, 6.45) is 6.29. The van der Waals surface area contributed by atoms with Crippen LogP contribution in [0.15, 0.2) is 0 Å². The summed E-state index contributed by atoms with van der Waals surface area (Å²) in [6.45, 7) is 1.76. The van der Waals surface area contributed by atoms with E-state index in [4.69, 9.17) is 0 Å². The molecule has 2 saturated heterocycles. The van der Waals surface area contributed by atoms with Gasteiger partial charge in [0.05, 0.1) is 5.54 Å². The van der Waals surface area contributed by atoms with Crippen LogP contribution in [0.3, 0.4) is 0 Å². The zero-order valence-electron chi connectivity index (χ0n) is 8.18. The molecule has 2 atom stereocenters. The summed E-state index contributed by atoms with van der Waals surface area (Å²) >= 11 is 0. The first-order chi connectivity index (χ1) is 6.18. The lowest BCUT2D eigenvalue weighted by molar-refractivity contribution is -0.132. The molecule has 4 aliphatic rings. The van der Waals surface area contributed by atoms with Crippen LogP contribution < -0.4 is 5.32 Å². The van der Waals surface area contributed by atoms with Gasteiger partial charge in [0.1, 0.15) is 5.78 Å². The molecule has 0 aromatic carbocycles. The molecule has 0 aromatic rings. The fourth-order valence-corrected chi connectivity index (χ4v) is 3.98. The van der Waals surface area contributed by atoms with E-state index < -0.39 is 0 Å². The second-order valence-corrected chi connectivity index (χ2v) is 5.33. The number of Topliss-reactive ketones (excluding diaryl/α,β-unsaturated/α-hetero) is 1. The van der Waals surface area contributed by atoms with Gasteiger partial charge in [-0.3, -0.25) is 4.79 Å². The zero-order valence-corrected chi connectivity index (χ0v) is 8.18. The van der Waals surface area contributed by atoms with Crippen molar-refractivity contribution in [2.24, 2.45) is 11.8 Å². The minimum absolute atomic E-state index is 0.0885. The van der Waals surface area contributed by atoms with Crippen LogP contribution >= 0.6 is 0 Å². The first-order valence-corrected chi connectivity index (χ1v) is 5.47. The number of piperidine rings is 2. The van der Waals surface area contributed by atoms with E-state index in [1.54, 1.807) is 6.92 Å². The molecule has 0 aromatic heterocycles. The first kappa shape index (κ1) is 7.98. The number of ketones is 1. The largest absolute Gasteiger partial charge is 0.302 e. The van der Waals surface area contributed by atoms with Crippen molar-refractivity contribution >= 4 is 5.78 Å². The maximum atomic E-state index is 11.6. The Morgan fingerprint density at radius 2 is 1.85 bits per heavy atom. The fourth-order valence-electron chi connectivity index (χ4n) is 3.98. The van der Waals surface area contributed by atoms with Gasteiger partial charge >= 0.3 is 0 Å². The molecule has 0 spiro atoms. The van der Waals surface area contributed by atoms with Crippen LogP contribution in [0.25, 0.3) is 0 Å². The summed E-state index contributed by atoms with van der Waals surface area (Å²) in [7, 11) is 0. The number of rotatable bonds is 1. The van der Waals surface area contributed by atoms with Gasteiger partial charge in [-0.05, 0) is 50.9 Å². The van der Waals surface area contributed by atoms with Crippen molar-refractivity contribution in [1.29, 1.82) is 0 Å². The highest BCUT2D eigenvalue weighted by Crippen LogP contribution is 2.49. The number of hydrogen-bond acceptors (Lipinski definition) is 2. The Kier molecular flexibility index (Phi) is 1.44. The van der Waals surface area contributed by atoms with Gasteiger partial charge < -0.3 is 5.32 Å². The Labute approximate surface area is 79.1 Å². The van der Waals surface area contributed by atoms with Crippen molar-refractivity contribution in [1.82, 2.24) is 5.32 Å². The zero-order chi connectivity index (χ0) is 9.05. The molecule has 2 saturated carbocycles. The fraction of sp³-hybridized carbons (Fsp3) is 0.909. The lowest BCUT2D eigenvalue weighted by Crippen LogP contribution is -2.67. The Morgan fingerprint density at radius 1 is 1.23 bits per heavy atom. The van der Waals surface area contributed by atoms with E-state index >= 15 is 0 Å². The Balaban J connectivity index is 1.95. The van der Waals surface area contributed by atoms with Gasteiger partial charge in [-0.25, -0.2) is 0 Å². The number of nitrogens with one attached hydrogen (secondary N) is 1. The summed E-state index contributed by atoms with van der Waals surface area (Å²) in [5.41, 5.74) is -0.0885. The molecule has 4 rings (SSSR count). The third-order valence-corrected chi connectivity index (χ3v) is 4.33. The molecule has 1 N–H and O–H groups in total. The number of carbonyl (C=O) groups excluding carboxylic acids is 1. The highest BCUT2D eigenvalue weighted by atomic mass is 16.1. The average Bonchev–Trinajstić information content (AvgIpc) is 2.00. The van der Waals surface area contributed by atoms with Gasteiger partial charge in [0.2, 0.25) is 0 Å². The van der Waals surface area contributed by atoms with Crippen molar-refractivity contribution in [2.75, 3.05) is 0 Å². The molecule has 2 aliphatic heterocycles. The first-order valence-electron chi connectivity index (χ1n) is 5.47. The van der Waals surface area contributed by atoms with Gasteiger partial charge in [0.25, 0.3) is 0 Å². The van der Waals surface area contributed by atoms with Crippen LogP contribution in [0.4, 0.5) is 0 Å². The predicted octanol–water partition coefficient (Wildman–Crippen LogP) is 1.50. The molecular formula is C11H17NO. The Morgan fingerprint density at radius 3 is 2.31 bits per heavy atom. The number of hydrogen-bond donors (Lipinski definition) is 1. The Bertz CT molecular complexity index is 224. The van der Waals surface area contributed by atoms with E-state index in [0.717, 1.165) is 24.7 Å². The summed E-state index contributed by atoms with van der Waals surface area (Å²) in [5, 5.41) is 3.58. The van der Waals surface area contributed by atoms with Gasteiger partial charge in [-0.15, -0.1) is 0 Å². The Hall–Kier alpha value is -0.370. The molecule has 2 unspecified atom stereocenters. The predicted molar refractivity (Wildman–Crippen MR) is 50.4 cm³/mol. The molecule has 13 heavy (non-hydrogen) atoms. The second-order valence-electron chi connectivity index (χ2n) is 5.33. The van der Waals surface area contributed by atoms with E-state index in [1.807, 2.05) is 0 Å². The standard InChI is InChI=1S/C11H17NO/c1-7(13)11-5-8-2-9(6-11)4-10(3-8)12-11/h8-10,12H,2-6H2,1H3. The van der Waals surface area contributed by atoms with Crippen molar-refractivity contribution in [3.05, 3.63) is 0 Å². The highest BCUT2D eigenvalue weighted by molar-refractivity contribution is 5.86. The van der Waals surface area contributed by atoms with Crippen LogP contribution in [-0.4, -0.2) is 17.4 Å². The van der Waals surface area contributed by atoms with E-state index in [9.17, 15) is 4.79 Å². The summed E-state index contributed by atoms with van der Waals surface area (Å²) in [5.74, 6) is 2.08. The molecule has 2 heteroatoms. The SMILES string of the molecule is CC(=O)C12CC3CC(CC(C3)N1)C2. The van der Waals surface area contributed by atoms with Gasteiger partial charge in [-0.2, -0.15) is 0 Å². The maximum Gasteiger partial charge on any atom is 0.149 e. The van der Waals surface area contributed by atoms with Crippen LogP contribution in [0.1, 0.15) is 39.0 Å². The molecular weight excluding hydrogens is 162 g/mol. The van der Waals surface area contributed by atoms with E-state index in [-0.39, 0.29) is 5.54 Å². The second kappa shape index (κ2) is 2.35. The quantitative estimate of drug-likeness (QED) is 0.661. The number of carbonyl (C=O) groups is 1.